The van der Waals surface area contributed by atoms with Gasteiger partial charge in [-0.2, -0.15) is 0 Å². The SMILES string of the molecule is C#CCOCCOCCOC(=O)CCC(=O)Oc1c(-c2ccc(OC)cc2)oc2c(CC=C(C)C)c(O)cc(O)c2c1=O. The predicted molar refractivity (Wildman–Crippen MR) is 157 cm³/mol. The number of benzene rings is 2. The summed E-state index contributed by atoms with van der Waals surface area (Å²) in [4.78, 5) is 38.6. The quantitative estimate of drug-likeness (QED) is 0.112. The standard InChI is InChI=1S/C32H34O11/c1-5-14-39-15-16-40-17-18-41-26(35)12-13-27(36)42-32-29(37)28-25(34)19-24(33)23(11-6-20(2)3)31(28)43-30(32)21-7-9-22(38-4)10-8-21/h1,6-10,19,33-34H,11-18H2,2-4H3. The highest BCUT2D eigenvalue weighted by molar-refractivity contribution is 5.92. The molecule has 0 aliphatic rings. The fourth-order valence-corrected chi connectivity index (χ4v) is 3.90. The fourth-order valence-electron chi connectivity index (χ4n) is 3.90. The van der Waals surface area contributed by atoms with Crippen molar-refractivity contribution < 1.29 is 47.9 Å². The first-order valence-electron chi connectivity index (χ1n) is 13.4. The van der Waals surface area contributed by atoms with Gasteiger partial charge in [0.2, 0.25) is 11.2 Å². The molecule has 0 amide bonds. The van der Waals surface area contributed by atoms with Crippen LogP contribution in [0.15, 0.2) is 51.2 Å². The lowest BCUT2D eigenvalue weighted by molar-refractivity contribution is -0.148. The summed E-state index contributed by atoms with van der Waals surface area (Å²) in [6.45, 7) is 4.62. The van der Waals surface area contributed by atoms with Gasteiger partial charge in [0.25, 0.3) is 0 Å². The number of ether oxygens (including phenoxy) is 5. The first-order chi connectivity index (χ1) is 20.7. The molecule has 2 N–H and O–H groups in total. The Balaban J connectivity index is 1.84. The minimum atomic E-state index is -0.900. The van der Waals surface area contributed by atoms with E-state index in [0.29, 0.717) is 17.9 Å². The summed E-state index contributed by atoms with van der Waals surface area (Å²) in [5.41, 5.74) is 0.704. The molecule has 1 aromatic heterocycles. The van der Waals surface area contributed by atoms with E-state index >= 15 is 0 Å². The topological polar surface area (TPSA) is 151 Å². The predicted octanol–water partition coefficient (Wildman–Crippen LogP) is 4.28. The number of esters is 2. The van der Waals surface area contributed by atoms with Crippen LogP contribution in [-0.4, -0.2) is 62.3 Å². The molecule has 43 heavy (non-hydrogen) atoms. The van der Waals surface area contributed by atoms with Gasteiger partial charge >= 0.3 is 11.9 Å². The molecular formula is C32H34O11. The summed E-state index contributed by atoms with van der Waals surface area (Å²) in [6.07, 6.45) is 6.40. The van der Waals surface area contributed by atoms with Gasteiger partial charge in [-0.05, 0) is 44.5 Å². The number of hydrogen-bond donors (Lipinski definition) is 2. The summed E-state index contributed by atoms with van der Waals surface area (Å²) < 4.78 is 32.1. The largest absolute Gasteiger partial charge is 0.507 e. The number of phenolic OH excluding ortho intramolecular Hbond substituents is 2. The lowest BCUT2D eigenvalue weighted by atomic mass is 10.0. The van der Waals surface area contributed by atoms with Gasteiger partial charge in [0.05, 0.1) is 39.8 Å². The second-order valence-electron chi connectivity index (χ2n) is 9.46. The number of carbonyl (C=O) groups is 2. The van der Waals surface area contributed by atoms with Crippen LogP contribution in [-0.2, 0) is 30.2 Å². The number of fused-ring (bicyclic) bond motifs is 1. The van der Waals surface area contributed by atoms with Crippen LogP contribution in [0.1, 0.15) is 32.3 Å². The molecule has 3 rings (SSSR count). The van der Waals surface area contributed by atoms with Gasteiger partial charge in [-0.3, -0.25) is 14.4 Å². The first-order valence-corrected chi connectivity index (χ1v) is 13.4. The van der Waals surface area contributed by atoms with Crippen LogP contribution in [0.4, 0.5) is 0 Å². The van der Waals surface area contributed by atoms with Crippen LogP contribution in [0.3, 0.4) is 0 Å². The highest BCUT2D eigenvalue weighted by Crippen LogP contribution is 2.39. The monoisotopic (exact) mass is 594 g/mol. The van der Waals surface area contributed by atoms with Crippen molar-refractivity contribution >= 4 is 22.9 Å². The van der Waals surface area contributed by atoms with Gasteiger partial charge in [-0.1, -0.05) is 17.6 Å². The molecule has 0 saturated carbocycles. The second kappa shape index (κ2) is 16.0. The minimum Gasteiger partial charge on any atom is -0.507 e. The molecule has 0 aliphatic heterocycles. The van der Waals surface area contributed by atoms with Crippen LogP contribution in [0, 0.1) is 12.3 Å². The summed E-state index contributed by atoms with van der Waals surface area (Å²) in [5, 5.41) is 20.9. The third kappa shape index (κ3) is 9.10. The van der Waals surface area contributed by atoms with Crippen molar-refractivity contribution in [3.63, 3.8) is 0 Å². The Hall–Kier alpha value is -4.79. The number of carbonyl (C=O) groups excluding carboxylic acids is 2. The van der Waals surface area contributed by atoms with Crippen LogP contribution in [0.25, 0.3) is 22.3 Å². The molecule has 0 saturated heterocycles. The fraction of sp³-hybridized carbons (Fsp3) is 0.344. The van der Waals surface area contributed by atoms with E-state index in [1.807, 2.05) is 19.9 Å². The smallest absolute Gasteiger partial charge is 0.312 e. The molecule has 228 valence electrons. The Morgan fingerprint density at radius 2 is 1.65 bits per heavy atom. The van der Waals surface area contributed by atoms with Crippen molar-refractivity contribution in [2.75, 3.05) is 40.1 Å². The van der Waals surface area contributed by atoms with E-state index in [4.69, 9.17) is 34.5 Å². The summed E-state index contributed by atoms with van der Waals surface area (Å²) in [6, 6.07) is 7.48. The van der Waals surface area contributed by atoms with Crippen LogP contribution < -0.4 is 14.9 Å². The lowest BCUT2D eigenvalue weighted by Gasteiger charge is -2.14. The molecule has 0 aliphatic carbocycles. The van der Waals surface area contributed by atoms with E-state index in [0.717, 1.165) is 11.6 Å². The van der Waals surface area contributed by atoms with Crippen molar-refractivity contribution in [3.8, 4) is 46.7 Å². The Bertz CT molecular complexity index is 1560. The van der Waals surface area contributed by atoms with Crippen LogP contribution in [0.2, 0.25) is 0 Å². The molecular weight excluding hydrogens is 560 g/mol. The number of hydrogen-bond acceptors (Lipinski definition) is 11. The van der Waals surface area contributed by atoms with Crippen molar-refractivity contribution in [3.05, 3.63) is 57.8 Å². The number of methoxy groups -OCH3 is 1. The Morgan fingerprint density at radius 1 is 0.977 bits per heavy atom. The number of rotatable bonds is 15. The van der Waals surface area contributed by atoms with Gasteiger partial charge in [-0.15, -0.1) is 6.42 Å². The number of terminal acetylenes is 1. The Labute approximate surface area is 248 Å². The Morgan fingerprint density at radius 3 is 2.33 bits per heavy atom. The third-order valence-electron chi connectivity index (χ3n) is 6.05. The van der Waals surface area contributed by atoms with Crippen molar-refractivity contribution in [1.29, 1.82) is 0 Å². The normalized spacial score (nSPS) is 10.7. The molecule has 0 unspecified atom stereocenters. The zero-order valence-electron chi connectivity index (χ0n) is 24.3. The minimum absolute atomic E-state index is 0.0277. The van der Waals surface area contributed by atoms with Gasteiger partial charge < -0.3 is 38.3 Å². The van der Waals surface area contributed by atoms with E-state index in [1.165, 1.54) is 7.11 Å². The Kier molecular flexibility index (Phi) is 12.2. The maximum atomic E-state index is 13.7. The molecule has 3 aromatic rings. The molecule has 11 heteroatoms. The maximum absolute atomic E-state index is 13.7. The average Bonchev–Trinajstić information content (AvgIpc) is 2.98. The van der Waals surface area contributed by atoms with Crippen molar-refractivity contribution in [1.82, 2.24) is 0 Å². The molecule has 0 bridgehead atoms. The zero-order chi connectivity index (χ0) is 31.4. The van der Waals surface area contributed by atoms with Gasteiger partial charge in [0.15, 0.2) is 5.76 Å². The highest BCUT2D eigenvalue weighted by Gasteiger charge is 2.25. The molecule has 11 nitrogen and oxygen atoms in total. The average molecular weight is 595 g/mol. The summed E-state index contributed by atoms with van der Waals surface area (Å²) >= 11 is 0. The maximum Gasteiger partial charge on any atom is 0.312 e. The molecule has 0 atom stereocenters. The van der Waals surface area contributed by atoms with Gasteiger partial charge in [0, 0.05) is 17.2 Å². The van der Waals surface area contributed by atoms with Gasteiger partial charge in [-0.25, -0.2) is 0 Å². The van der Waals surface area contributed by atoms with E-state index in [9.17, 15) is 24.6 Å². The van der Waals surface area contributed by atoms with E-state index < -0.39 is 35.3 Å². The van der Waals surface area contributed by atoms with E-state index in [-0.39, 0.29) is 67.3 Å². The molecule has 1 heterocycles. The van der Waals surface area contributed by atoms with Crippen LogP contribution in [0.5, 0.6) is 23.0 Å². The number of aromatic hydroxyl groups is 2. The third-order valence-corrected chi connectivity index (χ3v) is 6.05. The van der Waals surface area contributed by atoms with Crippen molar-refractivity contribution in [2.45, 2.75) is 33.1 Å². The highest BCUT2D eigenvalue weighted by atomic mass is 16.6. The van der Waals surface area contributed by atoms with E-state index in [1.54, 1.807) is 24.3 Å². The summed E-state index contributed by atoms with van der Waals surface area (Å²) in [5.74, 6) is -0.104. The number of phenols is 2. The second-order valence-corrected chi connectivity index (χ2v) is 9.46. The van der Waals surface area contributed by atoms with Crippen molar-refractivity contribution in [2.24, 2.45) is 0 Å². The molecule has 0 radical (unpaired) electrons. The molecule has 0 fully saturated rings. The number of allylic oxidation sites excluding steroid dienone is 2. The van der Waals surface area contributed by atoms with Gasteiger partial charge in [0.1, 0.15) is 41.4 Å². The molecule has 0 spiro atoms. The molecule has 2 aromatic carbocycles. The van der Waals surface area contributed by atoms with Crippen LogP contribution >= 0.6 is 0 Å². The summed E-state index contributed by atoms with van der Waals surface area (Å²) in [7, 11) is 1.50. The van der Waals surface area contributed by atoms with E-state index in [2.05, 4.69) is 5.92 Å². The lowest BCUT2D eigenvalue weighted by Crippen LogP contribution is -2.18. The first kappa shape index (κ1) is 32.7. The zero-order valence-corrected chi connectivity index (χ0v) is 24.3.